The lowest BCUT2D eigenvalue weighted by Crippen LogP contribution is -2.37. The molecule has 0 aromatic carbocycles. The number of phosphoric acid groups is 1. The second-order valence-corrected chi connectivity index (χ2v) is 35.9. The first-order valence-electron chi connectivity index (χ1n) is 48.1. The van der Waals surface area contributed by atoms with Crippen molar-refractivity contribution in [3.63, 3.8) is 0 Å². The molecule has 0 aromatic heterocycles. The van der Waals surface area contributed by atoms with E-state index in [1.165, 1.54) is 462 Å². The molecule has 0 heterocycles. The molecule has 0 aliphatic carbocycles. The fourth-order valence-electron chi connectivity index (χ4n) is 15.1. The maximum atomic E-state index is 13.0. The van der Waals surface area contributed by atoms with Crippen LogP contribution in [0.5, 0.6) is 0 Å². The molecule has 2 atom stereocenters. The Balaban J connectivity index is 3.79. The van der Waals surface area contributed by atoms with Gasteiger partial charge in [-0.2, -0.15) is 0 Å². The maximum Gasteiger partial charge on any atom is 0.472 e. The third kappa shape index (κ3) is 91.4. The molecular formula is C96H189NO8P+. The summed E-state index contributed by atoms with van der Waals surface area (Å²) in [7, 11) is 1.51. The highest BCUT2D eigenvalue weighted by atomic mass is 31.2. The Labute approximate surface area is 663 Å². The van der Waals surface area contributed by atoms with Crippen molar-refractivity contribution in [3.05, 3.63) is 24.3 Å². The summed E-state index contributed by atoms with van der Waals surface area (Å²) in [5.74, 6) is -0.764. The first-order chi connectivity index (χ1) is 52.0. The fraction of sp³-hybridized carbons (Fsp3) is 0.938. The van der Waals surface area contributed by atoms with Crippen molar-refractivity contribution in [3.8, 4) is 0 Å². The van der Waals surface area contributed by atoms with Gasteiger partial charge in [-0.3, -0.25) is 18.6 Å². The van der Waals surface area contributed by atoms with E-state index >= 15 is 0 Å². The zero-order chi connectivity index (χ0) is 76.8. The van der Waals surface area contributed by atoms with Crippen LogP contribution < -0.4 is 0 Å². The molecule has 1 N–H and O–H groups in total. The number of nitrogens with zero attached hydrogens (tertiary/aromatic N) is 1. The van der Waals surface area contributed by atoms with Gasteiger partial charge >= 0.3 is 19.8 Å². The SMILES string of the molecule is CCCCCCCCCC/C=C\CCCCCCCCCCCCCCCCCCCCCCCCCCCCCCCC(=O)OCC(COP(=O)(O)OCC[N+](C)(C)C)OC(=O)CCCCCCCCCCCCCCCCCCCCCCCCCCCCCCC/C=C\CCCCCCCCCC. The maximum absolute atomic E-state index is 13.0. The Morgan fingerprint density at radius 3 is 0.698 bits per heavy atom. The Morgan fingerprint density at radius 2 is 0.481 bits per heavy atom. The number of unbranched alkanes of at least 4 members (excludes halogenated alkanes) is 74. The van der Waals surface area contributed by atoms with Crippen LogP contribution in [0.4, 0.5) is 0 Å². The molecule has 0 saturated carbocycles. The normalized spacial score (nSPS) is 12.9. The van der Waals surface area contributed by atoms with Gasteiger partial charge < -0.3 is 18.9 Å². The number of carbonyl (C=O) groups excluding carboxylic acids is 2. The number of allylic oxidation sites excluding steroid dienone is 4. The van der Waals surface area contributed by atoms with E-state index in [4.69, 9.17) is 18.5 Å². The zero-order valence-electron chi connectivity index (χ0n) is 72.5. The summed E-state index contributed by atoms with van der Waals surface area (Å²) < 4.78 is 34.9. The van der Waals surface area contributed by atoms with Crippen LogP contribution in [0.3, 0.4) is 0 Å². The van der Waals surface area contributed by atoms with Gasteiger partial charge in [-0.25, -0.2) is 4.57 Å². The lowest BCUT2D eigenvalue weighted by molar-refractivity contribution is -0.870. The minimum Gasteiger partial charge on any atom is -0.462 e. The van der Waals surface area contributed by atoms with Crippen LogP contribution in [0, 0.1) is 0 Å². The predicted octanol–water partition coefficient (Wildman–Crippen LogP) is 32.6. The zero-order valence-corrected chi connectivity index (χ0v) is 73.4. The number of hydrogen-bond donors (Lipinski definition) is 1. The summed E-state index contributed by atoms with van der Waals surface area (Å²) in [5.41, 5.74) is 0. The van der Waals surface area contributed by atoms with E-state index < -0.39 is 26.5 Å². The first kappa shape index (κ1) is 104. The second-order valence-electron chi connectivity index (χ2n) is 34.5. The van der Waals surface area contributed by atoms with Crippen molar-refractivity contribution < 1.29 is 42.1 Å². The number of quaternary nitrogens is 1. The highest BCUT2D eigenvalue weighted by molar-refractivity contribution is 7.47. The number of ether oxygens (including phenoxy) is 2. The van der Waals surface area contributed by atoms with Crippen molar-refractivity contribution in [1.82, 2.24) is 0 Å². The number of hydrogen-bond acceptors (Lipinski definition) is 7. The molecule has 630 valence electrons. The molecule has 0 rings (SSSR count). The minimum atomic E-state index is -4.40. The highest BCUT2D eigenvalue weighted by Gasteiger charge is 2.27. The lowest BCUT2D eigenvalue weighted by Gasteiger charge is -2.24. The average molecular weight is 1520 g/mol. The van der Waals surface area contributed by atoms with Crippen LogP contribution in [-0.4, -0.2) is 74.9 Å². The number of phosphoric ester groups is 1. The summed E-state index contributed by atoms with van der Waals surface area (Å²) in [4.78, 5) is 36.1. The average Bonchev–Trinajstić information content (AvgIpc) is 0.951. The monoisotopic (exact) mass is 1520 g/mol. The van der Waals surface area contributed by atoms with Gasteiger partial charge in [0.25, 0.3) is 0 Å². The standard InChI is InChI=1S/C96H188NO8P/c1-6-8-10-12-14-16-18-20-22-24-26-28-30-32-34-36-38-40-42-44-46-48-50-52-54-56-58-60-62-64-66-68-70-72-74-76-78-80-82-84-86-88-95(98)102-92-94(93-104-106(100,101)103-91-90-97(3,4)5)105-96(99)89-87-85-83-81-79-77-75-73-71-69-67-65-63-61-59-57-55-53-51-49-47-45-43-41-39-37-35-33-31-29-27-25-23-21-19-17-15-13-11-9-7-2/h24-27,94H,6-23,28-93H2,1-5H3/p+1/b26-24-,27-25-. The summed E-state index contributed by atoms with van der Waals surface area (Å²) in [6.07, 6.45) is 116. The Bertz CT molecular complexity index is 1830. The highest BCUT2D eigenvalue weighted by Crippen LogP contribution is 2.43. The van der Waals surface area contributed by atoms with E-state index in [9.17, 15) is 19.0 Å². The van der Waals surface area contributed by atoms with Crippen LogP contribution >= 0.6 is 7.82 Å². The molecule has 0 saturated heterocycles. The van der Waals surface area contributed by atoms with Crippen LogP contribution in [0.1, 0.15) is 528 Å². The molecule has 0 aliphatic heterocycles. The van der Waals surface area contributed by atoms with Crippen molar-refractivity contribution in [1.29, 1.82) is 0 Å². The van der Waals surface area contributed by atoms with E-state index in [1.54, 1.807) is 0 Å². The molecule has 0 radical (unpaired) electrons. The van der Waals surface area contributed by atoms with Gasteiger partial charge in [0.15, 0.2) is 6.10 Å². The van der Waals surface area contributed by atoms with Gasteiger partial charge in [-0.15, -0.1) is 0 Å². The van der Waals surface area contributed by atoms with Crippen LogP contribution in [-0.2, 0) is 32.7 Å². The topological polar surface area (TPSA) is 108 Å². The van der Waals surface area contributed by atoms with E-state index in [0.717, 1.165) is 38.5 Å². The van der Waals surface area contributed by atoms with Crippen LogP contribution in [0.25, 0.3) is 0 Å². The predicted molar refractivity (Wildman–Crippen MR) is 464 cm³/mol. The van der Waals surface area contributed by atoms with E-state index in [1.807, 2.05) is 21.1 Å². The molecule has 10 heteroatoms. The Kier molecular flexibility index (Phi) is 86.2. The molecule has 0 aliphatic rings. The number of esters is 2. The van der Waals surface area contributed by atoms with Crippen molar-refractivity contribution in [2.75, 3.05) is 47.5 Å². The number of carbonyl (C=O) groups is 2. The Morgan fingerprint density at radius 1 is 0.283 bits per heavy atom. The van der Waals surface area contributed by atoms with Crippen molar-refractivity contribution in [2.45, 2.75) is 534 Å². The first-order valence-corrected chi connectivity index (χ1v) is 49.6. The lowest BCUT2D eigenvalue weighted by atomic mass is 10.0. The third-order valence-electron chi connectivity index (χ3n) is 22.5. The van der Waals surface area contributed by atoms with Gasteiger partial charge in [0, 0.05) is 12.8 Å². The minimum absolute atomic E-state index is 0.0368. The summed E-state index contributed by atoms with van der Waals surface area (Å²) in [6, 6.07) is 0. The van der Waals surface area contributed by atoms with E-state index in [2.05, 4.69) is 38.2 Å². The Hall–Kier alpha value is -1.51. The summed E-state index contributed by atoms with van der Waals surface area (Å²) >= 11 is 0. The molecule has 0 amide bonds. The quantitative estimate of drug-likeness (QED) is 0.0211. The molecule has 0 spiro atoms. The number of likely N-dealkylation sites (N-methyl/N-ethyl adjacent to an activating group) is 1. The van der Waals surface area contributed by atoms with Crippen LogP contribution in [0.15, 0.2) is 24.3 Å². The van der Waals surface area contributed by atoms with Crippen molar-refractivity contribution >= 4 is 19.8 Å². The van der Waals surface area contributed by atoms with Crippen molar-refractivity contribution in [2.24, 2.45) is 0 Å². The fourth-order valence-corrected chi connectivity index (χ4v) is 15.9. The molecule has 0 bridgehead atoms. The van der Waals surface area contributed by atoms with Gasteiger partial charge in [-0.05, 0) is 64.2 Å². The van der Waals surface area contributed by atoms with E-state index in [0.29, 0.717) is 17.4 Å². The summed E-state index contributed by atoms with van der Waals surface area (Å²) in [6.45, 7) is 4.54. The van der Waals surface area contributed by atoms with Crippen LogP contribution in [0.2, 0.25) is 0 Å². The molecule has 9 nitrogen and oxygen atoms in total. The van der Waals surface area contributed by atoms with Gasteiger partial charge in [0.2, 0.25) is 0 Å². The van der Waals surface area contributed by atoms with E-state index in [-0.39, 0.29) is 25.6 Å². The van der Waals surface area contributed by atoms with Gasteiger partial charge in [0.05, 0.1) is 27.7 Å². The molecule has 0 aromatic rings. The van der Waals surface area contributed by atoms with Gasteiger partial charge in [0.1, 0.15) is 19.8 Å². The second kappa shape index (κ2) is 87.5. The third-order valence-corrected chi connectivity index (χ3v) is 23.4. The summed E-state index contributed by atoms with van der Waals surface area (Å²) in [5, 5.41) is 0. The smallest absolute Gasteiger partial charge is 0.462 e. The number of rotatable bonds is 92. The molecule has 0 fully saturated rings. The van der Waals surface area contributed by atoms with Gasteiger partial charge in [-0.1, -0.05) is 475 Å². The molecular weight excluding hydrogens is 1330 g/mol. The molecule has 2 unspecified atom stereocenters. The largest absolute Gasteiger partial charge is 0.472 e. The molecule has 106 heavy (non-hydrogen) atoms.